The Labute approximate surface area is 177 Å². The topological polar surface area (TPSA) is 63.2 Å². The molecule has 1 N–H and O–H groups in total. The number of pyridine rings is 1. The van der Waals surface area contributed by atoms with Crippen LogP contribution in [0.1, 0.15) is 41.8 Å². The summed E-state index contributed by atoms with van der Waals surface area (Å²) in [6.45, 7) is 12.3. The lowest BCUT2D eigenvalue weighted by molar-refractivity contribution is 0.131. The maximum atomic E-state index is 5.62. The highest BCUT2D eigenvalue weighted by molar-refractivity contribution is 5.94. The van der Waals surface area contributed by atoms with E-state index in [0.717, 1.165) is 60.8 Å². The maximum absolute atomic E-state index is 5.62. The molecule has 156 valence electrons. The second kappa shape index (κ2) is 7.20. The Morgan fingerprint density at radius 1 is 1.13 bits per heavy atom. The number of benzene rings is 1. The Bertz CT molecular complexity index is 1100. The molecule has 5 rings (SSSR count). The van der Waals surface area contributed by atoms with Gasteiger partial charge in [0.15, 0.2) is 5.82 Å². The summed E-state index contributed by atoms with van der Waals surface area (Å²) in [5, 5.41) is 14.6. The molecular weight excluding hydrogens is 374 g/mol. The lowest BCUT2D eigenvalue weighted by Crippen LogP contribution is -2.57. The van der Waals surface area contributed by atoms with E-state index in [0.29, 0.717) is 5.41 Å². The highest BCUT2D eigenvalue weighted by atomic mass is 16.5. The number of rotatable bonds is 4. The molecule has 0 amide bonds. The van der Waals surface area contributed by atoms with Crippen LogP contribution in [0.2, 0.25) is 0 Å². The number of anilines is 2. The quantitative estimate of drug-likeness (QED) is 0.699. The monoisotopic (exact) mass is 403 g/mol. The van der Waals surface area contributed by atoms with Crippen LogP contribution in [0.3, 0.4) is 0 Å². The maximum Gasteiger partial charge on any atom is 0.157 e. The predicted molar refractivity (Wildman–Crippen MR) is 120 cm³/mol. The molecule has 1 aromatic carbocycles. The second-order valence-corrected chi connectivity index (χ2v) is 9.04. The van der Waals surface area contributed by atoms with Crippen LogP contribution >= 0.6 is 0 Å². The lowest BCUT2D eigenvalue weighted by Gasteiger charge is -2.47. The van der Waals surface area contributed by atoms with E-state index in [1.54, 1.807) is 0 Å². The van der Waals surface area contributed by atoms with Crippen LogP contribution in [0.4, 0.5) is 11.6 Å². The summed E-state index contributed by atoms with van der Waals surface area (Å²) in [7, 11) is 0. The zero-order valence-corrected chi connectivity index (χ0v) is 18.2. The highest BCUT2D eigenvalue weighted by Gasteiger charge is 2.46. The predicted octanol–water partition coefficient (Wildman–Crippen LogP) is 4.35. The highest BCUT2D eigenvalue weighted by Crippen LogP contribution is 2.41. The second-order valence-electron chi connectivity index (χ2n) is 9.04. The first-order chi connectivity index (χ1) is 14.5. The van der Waals surface area contributed by atoms with Crippen LogP contribution < -0.4 is 10.2 Å². The van der Waals surface area contributed by atoms with Crippen LogP contribution in [-0.2, 0) is 4.74 Å². The average molecular weight is 404 g/mol. The fraction of sp³-hybridized carbons (Fsp3) is 0.458. The first-order valence-electron chi connectivity index (χ1n) is 10.7. The van der Waals surface area contributed by atoms with Crippen molar-refractivity contribution in [2.24, 2.45) is 5.41 Å². The van der Waals surface area contributed by atoms with Crippen molar-refractivity contribution >= 4 is 22.4 Å². The Morgan fingerprint density at radius 3 is 2.73 bits per heavy atom. The van der Waals surface area contributed by atoms with Crippen molar-refractivity contribution in [2.75, 3.05) is 36.5 Å². The third-order valence-electron chi connectivity index (χ3n) is 6.86. The van der Waals surface area contributed by atoms with Gasteiger partial charge in [0.1, 0.15) is 5.82 Å². The summed E-state index contributed by atoms with van der Waals surface area (Å²) in [4.78, 5) is 7.09. The van der Waals surface area contributed by atoms with E-state index in [9.17, 15) is 0 Å². The molecule has 4 heterocycles. The van der Waals surface area contributed by atoms with Gasteiger partial charge in [-0.15, -0.1) is 5.10 Å². The van der Waals surface area contributed by atoms with Crippen molar-refractivity contribution in [1.82, 2.24) is 15.2 Å². The number of fused-ring (bicyclic) bond motifs is 1. The first kappa shape index (κ1) is 19.2. The normalized spacial score (nSPS) is 18.6. The first-order valence-corrected chi connectivity index (χ1v) is 10.7. The van der Waals surface area contributed by atoms with Crippen LogP contribution in [0, 0.1) is 26.2 Å². The van der Waals surface area contributed by atoms with E-state index < -0.39 is 0 Å². The largest absolute Gasteiger partial charge is 0.381 e. The Morgan fingerprint density at radius 2 is 1.97 bits per heavy atom. The molecule has 1 spiro atoms. The molecule has 0 bridgehead atoms. The number of aromatic nitrogens is 3. The fourth-order valence-corrected chi connectivity index (χ4v) is 4.79. The molecular formula is C24H29N5O. The van der Waals surface area contributed by atoms with Crippen molar-refractivity contribution in [1.29, 1.82) is 0 Å². The Hall–Kier alpha value is -2.73. The van der Waals surface area contributed by atoms with Gasteiger partial charge >= 0.3 is 0 Å². The van der Waals surface area contributed by atoms with Gasteiger partial charge in [0.05, 0.1) is 18.3 Å². The van der Waals surface area contributed by atoms with Gasteiger partial charge in [-0.3, -0.25) is 0 Å². The van der Waals surface area contributed by atoms with E-state index in [4.69, 9.17) is 9.72 Å². The average Bonchev–Trinajstić information content (AvgIpc) is 3.21. The van der Waals surface area contributed by atoms with E-state index >= 15 is 0 Å². The van der Waals surface area contributed by atoms with Gasteiger partial charge < -0.3 is 15.0 Å². The molecule has 3 aromatic rings. The van der Waals surface area contributed by atoms with E-state index in [1.165, 1.54) is 16.7 Å². The standard InChI is InChI=1S/C24H29N5O/c1-15-6-5-7-19(16(15)2)17(3)26-23-20-10-22(25-11-21(20)18(4)27-28-23)29-12-24(13-29)8-9-30-14-24/h5-7,10-11,17H,8-9,12-14H2,1-4H3,(H,26,28)/t17-/m1/s1. The van der Waals surface area contributed by atoms with Crippen LogP contribution in [0.15, 0.2) is 30.5 Å². The molecule has 2 aromatic heterocycles. The summed E-state index contributed by atoms with van der Waals surface area (Å²) >= 11 is 0. The lowest BCUT2D eigenvalue weighted by atomic mass is 9.79. The molecule has 6 heteroatoms. The summed E-state index contributed by atoms with van der Waals surface area (Å²) < 4.78 is 5.62. The molecule has 2 aliphatic rings. The van der Waals surface area contributed by atoms with Gasteiger partial charge in [-0.05, 0) is 56.9 Å². The molecule has 2 aliphatic heterocycles. The van der Waals surface area contributed by atoms with E-state index in [-0.39, 0.29) is 6.04 Å². The van der Waals surface area contributed by atoms with Gasteiger partial charge in [-0.2, -0.15) is 5.10 Å². The minimum atomic E-state index is 0.129. The van der Waals surface area contributed by atoms with Gasteiger partial charge in [-0.25, -0.2) is 4.98 Å². The number of aryl methyl sites for hydroxylation is 2. The Kier molecular flexibility index (Phi) is 4.62. The molecule has 30 heavy (non-hydrogen) atoms. The molecule has 0 saturated carbocycles. The molecule has 0 aliphatic carbocycles. The summed E-state index contributed by atoms with van der Waals surface area (Å²) in [6.07, 6.45) is 3.10. The fourth-order valence-electron chi connectivity index (χ4n) is 4.79. The zero-order chi connectivity index (χ0) is 20.9. The number of nitrogens with one attached hydrogen (secondary N) is 1. The minimum Gasteiger partial charge on any atom is -0.381 e. The Balaban J connectivity index is 1.46. The van der Waals surface area contributed by atoms with Crippen LogP contribution in [0.25, 0.3) is 10.8 Å². The minimum absolute atomic E-state index is 0.129. The van der Waals surface area contributed by atoms with Crippen molar-refractivity contribution in [2.45, 2.75) is 40.2 Å². The van der Waals surface area contributed by atoms with Gasteiger partial charge in [0.25, 0.3) is 0 Å². The number of hydrogen-bond acceptors (Lipinski definition) is 6. The van der Waals surface area contributed by atoms with Crippen molar-refractivity contribution in [3.05, 3.63) is 52.8 Å². The third-order valence-corrected chi connectivity index (χ3v) is 6.86. The number of ether oxygens (including phenoxy) is 1. The summed E-state index contributed by atoms with van der Waals surface area (Å²) in [5.74, 6) is 1.82. The molecule has 0 radical (unpaired) electrons. The van der Waals surface area contributed by atoms with Gasteiger partial charge in [0.2, 0.25) is 0 Å². The third kappa shape index (κ3) is 3.19. The van der Waals surface area contributed by atoms with Crippen molar-refractivity contribution in [3.63, 3.8) is 0 Å². The molecule has 2 fully saturated rings. The molecule has 0 unspecified atom stereocenters. The van der Waals surface area contributed by atoms with Gasteiger partial charge in [0, 0.05) is 42.1 Å². The van der Waals surface area contributed by atoms with Crippen molar-refractivity contribution < 1.29 is 4.74 Å². The van der Waals surface area contributed by atoms with Crippen LogP contribution in [0.5, 0.6) is 0 Å². The molecule has 6 nitrogen and oxygen atoms in total. The van der Waals surface area contributed by atoms with Crippen molar-refractivity contribution in [3.8, 4) is 0 Å². The van der Waals surface area contributed by atoms with Crippen LogP contribution in [-0.4, -0.2) is 41.5 Å². The smallest absolute Gasteiger partial charge is 0.157 e. The SMILES string of the molecule is Cc1cccc([C@@H](C)Nc2nnc(C)c3cnc(N4CC5(CCOC5)C4)cc23)c1C. The molecule has 2 saturated heterocycles. The van der Waals surface area contributed by atoms with E-state index in [2.05, 4.69) is 65.5 Å². The summed E-state index contributed by atoms with van der Waals surface area (Å²) in [5.41, 5.74) is 5.13. The molecule has 1 atom stereocenters. The summed E-state index contributed by atoms with van der Waals surface area (Å²) in [6, 6.07) is 8.74. The van der Waals surface area contributed by atoms with Gasteiger partial charge in [-0.1, -0.05) is 18.2 Å². The zero-order valence-electron chi connectivity index (χ0n) is 18.2. The van der Waals surface area contributed by atoms with E-state index in [1.807, 2.05) is 13.1 Å². The number of hydrogen-bond donors (Lipinski definition) is 1. The number of nitrogens with zero attached hydrogens (tertiary/aromatic N) is 4.